The van der Waals surface area contributed by atoms with Gasteiger partial charge in [0.15, 0.2) is 11.5 Å². The molecule has 1 N–H and O–H groups in total. The molecule has 1 aliphatic heterocycles. The maximum absolute atomic E-state index is 11.7. The Morgan fingerprint density at radius 3 is 2.50 bits per heavy atom. The van der Waals surface area contributed by atoms with Crippen LogP contribution in [0, 0.1) is 0 Å². The van der Waals surface area contributed by atoms with E-state index in [-0.39, 0.29) is 0 Å². The number of fused-ring (bicyclic) bond motifs is 1. The molecule has 1 heterocycles. The largest absolute Gasteiger partial charge is 0.494 e. The van der Waals surface area contributed by atoms with Crippen LogP contribution < -0.4 is 14.2 Å². The lowest BCUT2D eigenvalue weighted by molar-refractivity contribution is -0.138. The minimum Gasteiger partial charge on any atom is -0.494 e. The Bertz CT molecular complexity index is 708. The summed E-state index contributed by atoms with van der Waals surface area (Å²) < 4.78 is 16.5. The zero-order chi connectivity index (χ0) is 16.9. The summed E-state index contributed by atoms with van der Waals surface area (Å²) in [5, 5.41) is 9.63. The molecule has 1 atom stereocenters. The van der Waals surface area contributed by atoms with Gasteiger partial charge in [0, 0.05) is 0 Å². The molecule has 5 nitrogen and oxygen atoms in total. The smallest absolute Gasteiger partial charge is 0.311 e. The first kappa shape index (κ1) is 16.2. The number of ether oxygens (including phenoxy) is 3. The molecule has 2 aromatic carbocycles. The van der Waals surface area contributed by atoms with E-state index >= 15 is 0 Å². The summed E-state index contributed by atoms with van der Waals surface area (Å²) in [5.41, 5.74) is 1.65. The van der Waals surface area contributed by atoms with E-state index in [1.807, 2.05) is 31.2 Å². The van der Waals surface area contributed by atoms with Gasteiger partial charge in [-0.3, -0.25) is 4.79 Å². The molecule has 2 aromatic rings. The number of hydrogen-bond donors (Lipinski definition) is 1. The van der Waals surface area contributed by atoms with Crippen molar-refractivity contribution in [3.8, 4) is 17.2 Å². The van der Waals surface area contributed by atoms with Gasteiger partial charge in [0.1, 0.15) is 19.0 Å². The number of aliphatic carboxylic acids is 1. The summed E-state index contributed by atoms with van der Waals surface area (Å²) in [7, 11) is 0. The van der Waals surface area contributed by atoms with Gasteiger partial charge in [0.05, 0.1) is 12.5 Å². The minimum absolute atomic E-state index is 0.404. The number of carbonyl (C=O) groups is 1. The Labute approximate surface area is 140 Å². The van der Waals surface area contributed by atoms with Gasteiger partial charge in [-0.1, -0.05) is 18.2 Å². The Kier molecular flexibility index (Phi) is 4.89. The number of hydrogen-bond acceptors (Lipinski definition) is 4. The fraction of sp³-hybridized carbons (Fsp3) is 0.316. The van der Waals surface area contributed by atoms with Gasteiger partial charge < -0.3 is 19.3 Å². The normalized spacial score (nSPS) is 14.0. The van der Waals surface area contributed by atoms with Gasteiger partial charge in [-0.25, -0.2) is 0 Å². The highest BCUT2D eigenvalue weighted by Gasteiger charge is 2.23. The van der Waals surface area contributed by atoms with Crippen molar-refractivity contribution in [3.05, 3.63) is 53.6 Å². The van der Waals surface area contributed by atoms with Crippen LogP contribution in [0.5, 0.6) is 17.2 Å². The lowest BCUT2D eigenvalue weighted by Gasteiger charge is -2.20. The highest BCUT2D eigenvalue weighted by Crippen LogP contribution is 2.34. The van der Waals surface area contributed by atoms with Gasteiger partial charge in [0.25, 0.3) is 0 Å². The molecule has 5 heteroatoms. The molecule has 24 heavy (non-hydrogen) atoms. The summed E-state index contributed by atoms with van der Waals surface area (Å²) in [6, 6.07) is 12.9. The molecule has 3 rings (SSSR count). The molecule has 0 radical (unpaired) electrons. The summed E-state index contributed by atoms with van der Waals surface area (Å²) >= 11 is 0. The second kappa shape index (κ2) is 7.25. The van der Waals surface area contributed by atoms with Gasteiger partial charge in [-0.05, 0) is 48.7 Å². The van der Waals surface area contributed by atoms with E-state index in [9.17, 15) is 9.90 Å². The first-order valence-corrected chi connectivity index (χ1v) is 8.01. The van der Waals surface area contributed by atoms with Crippen LogP contribution >= 0.6 is 0 Å². The quantitative estimate of drug-likeness (QED) is 0.881. The van der Waals surface area contributed by atoms with Crippen molar-refractivity contribution in [1.29, 1.82) is 0 Å². The maximum Gasteiger partial charge on any atom is 0.311 e. The Morgan fingerprint density at radius 2 is 1.83 bits per heavy atom. The van der Waals surface area contributed by atoms with E-state index in [1.54, 1.807) is 18.2 Å². The molecule has 0 saturated heterocycles. The van der Waals surface area contributed by atoms with Crippen molar-refractivity contribution < 1.29 is 24.1 Å². The van der Waals surface area contributed by atoms with E-state index in [0.29, 0.717) is 43.3 Å². The molecule has 0 aromatic heterocycles. The SMILES string of the molecule is CCOc1ccc(CC(C(=O)O)c2ccc3c(c2)OCCO3)cc1. The minimum atomic E-state index is -0.861. The molecular weight excluding hydrogens is 308 g/mol. The summed E-state index contributed by atoms with van der Waals surface area (Å²) in [6.07, 6.45) is 0.404. The highest BCUT2D eigenvalue weighted by molar-refractivity contribution is 5.77. The molecule has 1 aliphatic rings. The molecule has 0 saturated carbocycles. The molecule has 1 unspecified atom stereocenters. The number of rotatable bonds is 6. The lowest BCUT2D eigenvalue weighted by atomic mass is 9.91. The van der Waals surface area contributed by atoms with Crippen LogP contribution in [0.25, 0.3) is 0 Å². The first-order chi connectivity index (χ1) is 11.7. The summed E-state index contributed by atoms with van der Waals surface area (Å²) in [5.74, 6) is 0.554. The van der Waals surface area contributed by atoms with Crippen molar-refractivity contribution in [2.75, 3.05) is 19.8 Å². The third-order valence-corrected chi connectivity index (χ3v) is 3.94. The van der Waals surface area contributed by atoms with Crippen LogP contribution in [0.3, 0.4) is 0 Å². The zero-order valence-corrected chi connectivity index (χ0v) is 13.5. The summed E-state index contributed by atoms with van der Waals surface area (Å²) in [6.45, 7) is 3.53. The van der Waals surface area contributed by atoms with Gasteiger partial charge in [0.2, 0.25) is 0 Å². The van der Waals surface area contributed by atoms with Gasteiger partial charge in [-0.15, -0.1) is 0 Å². The molecule has 0 aliphatic carbocycles. The number of carboxylic acids is 1. The van der Waals surface area contributed by atoms with Crippen molar-refractivity contribution in [2.24, 2.45) is 0 Å². The van der Waals surface area contributed by atoms with E-state index < -0.39 is 11.9 Å². The van der Waals surface area contributed by atoms with E-state index in [1.165, 1.54) is 0 Å². The van der Waals surface area contributed by atoms with Crippen LogP contribution in [-0.4, -0.2) is 30.9 Å². The predicted octanol–water partition coefficient (Wildman–Crippen LogP) is 3.27. The van der Waals surface area contributed by atoms with Crippen LogP contribution in [0.15, 0.2) is 42.5 Å². The van der Waals surface area contributed by atoms with Crippen molar-refractivity contribution in [2.45, 2.75) is 19.3 Å². The highest BCUT2D eigenvalue weighted by atomic mass is 16.6. The Hall–Kier alpha value is -2.69. The molecule has 126 valence electrons. The molecular formula is C19H20O5. The third-order valence-electron chi connectivity index (χ3n) is 3.94. The van der Waals surface area contributed by atoms with Crippen LogP contribution in [0.2, 0.25) is 0 Å². The zero-order valence-electron chi connectivity index (χ0n) is 13.5. The average Bonchev–Trinajstić information content (AvgIpc) is 2.60. The van der Waals surface area contributed by atoms with Crippen LogP contribution in [-0.2, 0) is 11.2 Å². The molecule has 0 bridgehead atoms. The average molecular weight is 328 g/mol. The third kappa shape index (κ3) is 3.62. The van der Waals surface area contributed by atoms with Gasteiger partial charge in [-0.2, -0.15) is 0 Å². The first-order valence-electron chi connectivity index (χ1n) is 8.01. The standard InChI is InChI=1S/C19H20O5/c1-2-22-15-6-3-13(4-7-15)11-16(19(20)21)14-5-8-17-18(12-14)24-10-9-23-17/h3-8,12,16H,2,9-11H2,1H3,(H,20,21). The number of benzene rings is 2. The number of carboxylic acid groups (broad SMARTS) is 1. The molecule has 0 spiro atoms. The van der Waals surface area contributed by atoms with Crippen molar-refractivity contribution >= 4 is 5.97 Å². The van der Waals surface area contributed by atoms with Crippen LogP contribution in [0.1, 0.15) is 24.0 Å². The maximum atomic E-state index is 11.7. The molecule has 0 amide bonds. The van der Waals surface area contributed by atoms with E-state index in [4.69, 9.17) is 14.2 Å². The van der Waals surface area contributed by atoms with Gasteiger partial charge >= 0.3 is 5.97 Å². The van der Waals surface area contributed by atoms with Crippen LogP contribution in [0.4, 0.5) is 0 Å². The lowest BCUT2D eigenvalue weighted by Crippen LogP contribution is -2.18. The van der Waals surface area contributed by atoms with E-state index in [0.717, 1.165) is 11.3 Å². The van der Waals surface area contributed by atoms with Crippen molar-refractivity contribution in [1.82, 2.24) is 0 Å². The fourth-order valence-electron chi connectivity index (χ4n) is 2.75. The fourth-order valence-corrected chi connectivity index (χ4v) is 2.75. The summed E-state index contributed by atoms with van der Waals surface area (Å²) in [4.78, 5) is 11.7. The second-order valence-electron chi connectivity index (χ2n) is 5.58. The predicted molar refractivity (Wildman–Crippen MR) is 89.1 cm³/mol. The Morgan fingerprint density at radius 1 is 1.12 bits per heavy atom. The monoisotopic (exact) mass is 328 g/mol. The molecule has 0 fully saturated rings. The van der Waals surface area contributed by atoms with E-state index in [2.05, 4.69) is 0 Å². The topological polar surface area (TPSA) is 65.0 Å². The Balaban J connectivity index is 1.81. The van der Waals surface area contributed by atoms with Crippen molar-refractivity contribution in [3.63, 3.8) is 0 Å². The second-order valence-corrected chi connectivity index (χ2v) is 5.58.